The van der Waals surface area contributed by atoms with Crippen LogP contribution in [-0.2, 0) is 20.0 Å². The minimum atomic E-state index is -3.71. The third kappa shape index (κ3) is 4.58. The van der Waals surface area contributed by atoms with Crippen molar-refractivity contribution in [1.82, 2.24) is 9.03 Å². The van der Waals surface area contributed by atoms with Crippen LogP contribution in [0.5, 0.6) is 0 Å². The third-order valence-corrected chi connectivity index (χ3v) is 10.3. The minimum Gasteiger partial charge on any atom is -0.208 e. The molecule has 0 radical (unpaired) electrons. The van der Waals surface area contributed by atoms with Gasteiger partial charge in [0.25, 0.3) is 0 Å². The second kappa shape index (κ2) is 8.65. The molecule has 1 saturated heterocycles. The number of rotatable bonds is 5. The number of nitrogens with one attached hydrogen (secondary N) is 1. The highest BCUT2D eigenvalue weighted by atomic mass is 32.2. The first-order valence-electron chi connectivity index (χ1n) is 10.5. The molecule has 0 spiro atoms. The topological polar surface area (TPSA) is 83.6 Å². The van der Waals surface area contributed by atoms with Crippen molar-refractivity contribution in [2.24, 2.45) is 0 Å². The van der Waals surface area contributed by atoms with E-state index in [2.05, 4.69) is 4.72 Å². The molecule has 1 aliphatic heterocycles. The Labute approximate surface area is 186 Å². The maximum Gasteiger partial charge on any atom is 0.243 e. The molecule has 8 heteroatoms. The van der Waals surface area contributed by atoms with Gasteiger partial charge in [0.15, 0.2) is 0 Å². The molecule has 1 aliphatic rings. The molecule has 0 atom stereocenters. The van der Waals surface area contributed by atoms with Crippen LogP contribution in [0, 0.1) is 41.5 Å². The van der Waals surface area contributed by atoms with E-state index in [-0.39, 0.29) is 24.0 Å². The highest BCUT2D eigenvalue weighted by Crippen LogP contribution is 2.30. The lowest BCUT2D eigenvalue weighted by atomic mass is 9.95. The molecule has 31 heavy (non-hydrogen) atoms. The van der Waals surface area contributed by atoms with Gasteiger partial charge in [0, 0.05) is 19.1 Å². The lowest BCUT2D eigenvalue weighted by Crippen LogP contribution is -2.46. The maximum atomic E-state index is 13.2. The van der Waals surface area contributed by atoms with Crippen LogP contribution in [0.15, 0.2) is 34.1 Å². The standard InChI is InChI=1S/C23H32N2O4S2/c1-15-7-9-22(10-8-15)31(28,29)25-13-11-21(12-14-25)24-30(26,27)23-19(5)17(3)16(2)18(4)20(23)6/h7-10,21,24H,11-14H2,1-6H3. The summed E-state index contributed by atoms with van der Waals surface area (Å²) in [6.07, 6.45) is 0.873. The molecule has 1 heterocycles. The Hall–Kier alpha value is -1.74. The van der Waals surface area contributed by atoms with E-state index in [1.54, 1.807) is 24.3 Å². The summed E-state index contributed by atoms with van der Waals surface area (Å²) in [5.41, 5.74) is 5.63. The van der Waals surface area contributed by atoms with Crippen molar-refractivity contribution in [2.45, 2.75) is 70.2 Å². The number of sulfonamides is 2. The van der Waals surface area contributed by atoms with Crippen LogP contribution < -0.4 is 4.72 Å². The molecular weight excluding hydrogens is 432 g/mol. The van der Waals surface area contributed by atoms with Crippen molar-refractivity contribution in [1.29, 1.82) is 0 Å². The van der Waals surface area contributed by atoms with E-state index in [1.165, 1.54) is 4.31 Å². The van der Waals surface area contributed by atoms with Crippen LogP contribution in [0.4, 0.5) is 0 Å². The van der Waals surface area contributed by atoms with Crippen LogP contribution in [-0.4, -0.2) is 40.3 Å². The zero-order chi connectivity index (χ0) is 23.1. The molecule has 1 N–H and O–H groups in total. The van der Waals surface area contributed by atoms with Crippen molar-refractivity contribution < 1.29 is 16.8 Å². The second-order valence-electron chi connectivity index (χ2n) is 8.57. The Kier molecular flexibility index (Phi) is 6.68. The monoisotopic (exact) mass is 464 g/mol. The minimum absolute atomic E-state index is 0.272. The van der Waals surface area contributed by atoms with Crippen molar-refractivity contribution in [3.05, 3.63) is 57.6 Å². The summed E-state index contributed by atoms with van der Waals surface area (Å²) in [4.78, 5) is 0.622. The summed E-state index contributed by atoms with van der Waals surface area (Å²) in [7, 11) is -7.28. The number of aryl methyl sites for hydroxylation is 1. The second-order valence-corrected chi connectivity index (χ2v) is 12.2. The van der Waals surface area contributed by atoms with Gasteiger partial charge < -0.3 is 0 Å². The predicted molar refractivity (Wildman–Crippen MR) is 123 cm³/mol. The average molecular weight is 465 g/mol. The number of benzene rings is 2. The fraction of sp³-hybridized carbons (Fsp3) is 0.478. The van der Waals surface area contributed by atoms with Gasteiger partial charge in [-0.2, -0.15) is 4.31 Å². The van der Waals surface area contributed by atoms with E-state index in [0.29, 0.717) is 17.7 Å². The molecule has 0 bridgehead atoms. The highest BCUT2D eigenvalue weighted by Gasteiger charge is 2.32. The SMILES string of the molecule is Cc1ccc(S(=O)(=O)N2CCC(NS(=O)(=O)c3c(C)c(C)c(C)c(C)c3C)CC2)cc1. The molecule has 3 rings (SSSR count). The van der Waals surface area contributed by atoms with E-state index in [0.717, 1.165) is 33.4 Å². The van der Waals surface area contributed by atoms with Gasteiger partial charge in [-0.25, -0.2) is 21.6 Å². The lowest BCUT2D eigenvalue weighted by molar-refractivity contribution is 0.308. The molecule has 2 aromatic rings. The molecule has 0 aromatic heterocycles. The largest absolute Gasteiger partial charge is 0.243 e. The van der Waals surface area contributed by atoms with Gasteiger partial charge >= 0.3 is 0 Å². The van der Waals surface area contributed by atoms with E-state index in [1.807, 2.05) is 41.5 Å². The Balaban J connectivity index is 1.76. The molecule has 0 unspecified atom stereocenters. The molecule has 0 aliphatic carbocycles. The van der Waals surface area contributed by atoms with Crippen LogP contribution in [0.3, 0.4) is 0 Å². The number of piperidine rings is 1. The maximum absolute atomic E-state index is 13.2. The summed E-state index contributed by atoms with van der Waals surface area (Å²) in [6, 6.07) is 6.50. The fourth-order valence-corrected chi connectivity index (χ4v) is 7.59. The van der Waals surface area contributed by atoms with Gasteiger partial charge in [-0.3, -0.25) is 0 Å². The first-order chi connectivity index (χ1) is 14.4. The normalized spacial score (nSPS) is 16.6. The van der Waals surface area contributed by atoms with Crippen molar-refractivity contribution in [3.63, 3.8) is 0 Å². The molecule has 6 nitrogen and oxygen atoms in total. The van der Waals surface area contributed by atoms with E-state index in [4.69, 9.17) is 0 Å². The molecule has 170 valence electrons. The Morgan fingerprint density at radius 1 is 0.742 bits per heavy atom. The van der Waals surface area contributed by atoms with Crippen LogP contribution >= 0.6 is 0 Å². The van der Waals surface area contributed by atoms with Crippen molar-refractivity contribution >= 4 is 20.0 Å². The Bertz CT molecular complexity index is 1160. The van der Waals surface area contributed by atoms with E-state index < -0.39 is 20.0 Å². The number of hydrogen-bond donors (Lipinski definition) is 1. The van der Waals surface area contributed by atoms with Gasteiger partial charge in [0.05, 0.1) is 9.79 Å². The smallest absolute Gasteiger partial charge is 0.208 e. The molecule has 0 saturated carbocycles. The van der Waals surface area contributed by atoms with Crippen molar-refractivity contribution in [3.8, 4) is 0 Å². The van der Waals surface area contributed by atoms with Crippen LogP contribution in [0.1, 0.15) is 46.2 Å². The summed E-state index contributed by atoms with van der Waals surface area (Å²) in [5, 5.41) is 0. The van der Waals surface area contributed by atoms with E-state index >= 15 is 0 Å². The Morgan fingerprint density at radius 3 is 1.68 bits per heavy atom. The molecular formula is C23H32N2O4S2. The van der Waals surface area contributed by atoms with Crippen molar-refractivity contribution in [2.75, 3.05) is 13.1 Å². The van der Waals surface area contributed by atoms with Gasteiger partial charge in [-0.1, -0.05) is 17.7 Å². The summed E-state index contributed by atoms with van der Waals surface area (Å²) < 4.78 is 56.6. The quantitative estimate of drug-likeness (QED) is 0.732. The zero-order valence-electron chi connectivity index (χ0n) is 19.1. The van der Waals surface area contributed by atoms with Gasteiger partial charge in [0.2, 0.25) is 20.0 Å². The first-order valence-corrected chi connectivity index (χ1v) is 13.4. The fourth-order valence-electron chi connectivity index (χ4n) is 4.22. The first kappa shape index (κ1) is 23.9. The molecule has 1 fully saturated rings. The average Bonchev–Trinajstić information content (AvgIpc) is 2.71. The Morgan fingerprint density at radius 2 is 1.19 bits per heavy atom. The van der Waals surface area contributed by atoms with Crippen LogP contribution in [0.25, 0.3) is 0 Å². The van der Waals surface area contributed by atoms with Crippen LogP contribution in [0.2, 0.25) is 0 Å². The third-order valence-electron chi connectivity index (χ3n) is 6.63. The predicted octanol–water partition coefficient (Wildman–Crippen LogP) is 3.67. The number of hydrogen-bond acceptors (Lipinski definition) is 4. The summed E-state index contributed by atoms with van der Waals surface area (Å²) >= 11 is 0. The molecule has 2 aromatic carbocycles. The van der Waals surface area contributed by atoms with Gasteiger partial charge in [-0.15, -0.1) is 0 Å². The zero-order valence-corrected chi connectivity index (χ0v) is 20.7. The van der Waals surface area contributed by atoms with Gasteiger partial charge in [0.1, 0.15) is 0 Å². The number of nitrogens with zero attached hydrogens (tertiary/aromatic N) is 1. The van der Waals surface area contributed by atoms with Gasteiger partial charge in [-0.05, 0) is 94.3 Å². The summed E-state index contributed by atoms with van der Waals surface area (Å²) in [6.45, 7) is 12.1. The lowest BCUT2D eigenvalue weighted by Gasteiger charge is -2.32. The summed E-state index contributed by atoms with van der Waals surface area (Å²) in [5.74, 6) is 0. The molecule has 0 amide bonds. The highest BCUT2D eigenvalue weighted by molar-refractivity contribution is 7.89. The van der Waals surface area contributed by atoms with E-state index in [9.17, 15) is 16.8 Å².